The summed E-state index contributed by atoms with van der Waals surface area (Å²) in [5.74, 6) is 0.320. The van der Waals surface area contributed by atoms with Gasteiger partial charge in [0.25, 0.3) is 0 Å². The summed E-state index contributed by atoms with van der Waals surface area (Å²) in [6.45, 7) is 0.828. The summed E-state index contributed by atoms with van der Waals surface area (Å²) in [7, 11) is 1.83. The average molecular weight is 225 g/mol. The zero-order valence-corrected chi connectivity index (χ0v) is 8.90. The van der Waals surface area contributed by atoms with Crippen molar-refractivity contribution in [1.29, 1.82) is 0 Å². The van der Waals surface area contributed by atoms with Gasteiger partial charge in [-0.2, -0.15) is 13.2 Å². The molecule has 0 saturated heterocycles. The van der Waals surface area contributed by atoms with Crippen LogP contribution in [0.3, 0.4) is 0 Å². The van der Waals surface area contributed by atoms with Crippen LogP contribution in [0, 0.1) is 5.92 Å². The Balaban J connectivity index is 2.41. The third kappa shape index (κ3) is 3.08. The lowest BCUT2D eigenvalue weighted by molar-refractivity contribution is -0.272. The molecule has 0 heterocycles. The van der Waals surface area contributed by atoms with Gasteiger partial charge in [0.15, 0.2) is 5.60 Å². The van der Waals surface area contributed by atoms with Crippen molar-refractivity contribution in [3.05, 3.63) is 0 Å². The Kier molecular flexibility index (Phi) is 4.00. The van der Waals surface area contributed by atoms with Crippen molar-refractivity contribution in [1.82, 2.24) is 5.32 Å². The highest BCUT2D eigenvalue weighted by atomic mass is 19.4. The summed E-state index contributed by atoms with van der Waals surface area (Å²) >= 11 is 0. The molecular weight excluding hydrogens is 207 g/mol. The quantitative estimate of drug-likeness (QED) is 0.770. The third-order valence-corrected chi connectivity index (χ3v) is 3.26. The largest absolute Gasteiger partial charge is 0.417 e. The van der Waals surface area contributed by atoms with E-state index in [9.17, 15) is 18.3 Å². The molecule has 0 amide bonds. The Hall–Kier alpha value is -0.290. The van der Waals surface area contributed by atoms with Crippen LogP contribution in [0.2, 0.25) is 0 Å². The molecule has 0 aromatic heterocycles. The van der Waals surface area contributed by atoms with Gasteiger partial charge in [-0.25, -0.2) is 0 Å². The van der Waals surface area contributed by atoms with Gasteiger partial charge in [-0.15, -0.1) is 0 Å². The molecule has 5 heteroatoms. The van der Waals surface area contributed by atoms with E-state index in [0.717, 1.165) is 13.0 Å². The van der Waals surface area contributed by atoms with Crippen molar-refractivity contribution in [2.24, 2.45) is 5.92 Å². The minimum absolute atomic E-state index is 0.148. The lowest BCUT2D eigenvalue weighted by atomic mass is 9.77. The topological polar surface area (TPSA) is 32.3 Å². The summed E-state index contributed by atoms with van der Waals surface area (Å²) in [6.07, 6.45) is -2.93. The molecule has 0 unspecified atom stereocenters. The van der Waals surface area contributed by atoms with E-state index in [0.29, 0.717) is 18.8 Å². The molecule has 1 rings (SSSR count). The van der Waals surface area contributed by atoms with Gasteiger partial charge in [0, 0.05) is 0 Å². The first kappa shape index (κ1) is 12.8. The van der Waals surface area contributed by atoms with Crippen molar-refractivity contribution in [2.45, 2.75) is 43.9 Å². The first-order chi connectivity index (χ1) is 6.89. The molecule has 0 atom stereocenters. The van der Waals surface area contributed by atoms with Gasteiger partial charge in [-0.05, 0) is 51.6 Å². The number of aliphatic hydroxyl groups is 1. The van der Waals surface area contributed by atoms with E-state index in [1.54, 1.807) is 0 Å². The van der Waals surface area contributed by atoms with Crippen LogP contribution in [0.15, 0.2) is 0 Å². The van der Waals surface area contributed by atoms with E-state index in [1.807, 2.05) is 7.05 Å². The summed E-state index contributed by atoms with van der Waals surface area (Å²) in [5.41, 5.74) is -2.43. The molecule has 1 saturated carbocycles. The van der Waals surface area contributed by atoms with Crippen LogP contribution in [-0.4, -0.2) is 30.5 Å². The van der Waals surface area contributed by atoms with Crippen LogP contribution in [0.25, 0.3) is 0 Å². The lowest BCUT2D eigenvalue weighted by Crippen LogP contribution is -2.47. The first-order valence-electron chi connectivity index (χ1n) is 5.33. The maximum absolute atomic E-state index is 12.4. The standard InChI is InChI=1S/C10H18F3NO/c1-14-7-4-8-2-5-9(15,6-3-8)10(11,12)13/h8,14-15H,2-7H2,1H3. The predicted octanol–water partition coefficient (Wildman–Crippen LogP) is 2.08. The molecule has 1 aliphatic rings. The molecule has 0 bridgehead atoms. The van der Waals surface area contributed by atoms with Gasteiger partial charge in [0.2, 0.25) is 0 Å². The second-order valence-corrected chi connectivity index (χ2v) is 4.36. The minimum Gasteiger partial charge on any atom is -0.380 e. The lowest BCUT2D eigenvalue weighted by Gasteiger charge is -2.37. The van der Waals surface area contributed by atoms with E-state index in [4.69, 9.17) is 0 Å². The zero-order valence-electron chi connectivity index (χ0n) is 8.90. The van der Waals surface area contributed by atoms with E-state index >= 15 is 0 Å². The maximum atomic E-state index is 12.4. The van der Waals surface area contributed by atoms with Crippen molar-refractivity contribution in [3.8, 4) is 0 Å². The highest BCUT2D eigenvalue weighted by Gasteiger charge is 2.54. The fourth-order valence-corrected chi connectivity index (χ4v) is 2.08. The van der Waals surface area contributed by atoms with Crippen LogP contribution in [0.5, 0.6) is 0 Å². The number of rotatable bonds is 3. The highest BCUT2D eigenvalue weighted by molar-refractivity contribution is 4.91. The summed E-state index contributed by atoms with van der Waals surface area (Å²) < 4.78 is 37.3. The zero-order chi connectivity index (χ0) is 11.5. The third-order valence-electron chi connectivity index (χ3n) is 3.26. The molecule has 2 N–H and O–H groups in total. The van der Waals surface area contributed by atoms with Crippen LogP contribution in [0.1, 0.15) is 32.1 Å². The van der Waals surface area contributed by atoms with Gasteiger partial charge in [-0.3, -0.25) is 0 Å². The number of alkyl halides is 3. The highest BCUT2D eigenvalue weighted by Crippen LogP contribution is 2.43. The van der Waals surface area contributed by atoms with Gasteiger partial charge < -0.3 is 10.4 Å². The van der Waals surface area contributed by atoms with Crippen molar-refractivity contribution < 1.29 is 18.3 Å². The number of nitrogens with one attached hydrogen (secondary N) is 1. The number of halogens is 3. The molecule has 0 aromatic carbocycles. The molecule has 2 nitrogen and oxygen atoms in total. The summed E-state index contributed by atoms with van der Waals surface area (Å²) in [6, 6.07) is 0. The van der Waals surface area contributed by atoms with E-state index in [-0.39, 0.29) is 12.8 Å². The molecular formula is C10H18F3NO. The molecule has 0 aliphatic heterocycles. The predicted molar refractivity (Wildman–Crippen MR) is 51.5 cm³/mol. The number of hydrogen-bond donors (Lipinski definition) is 2. The van der Waals surface area contributed by atoms with E-state index in [2.05, 4.69) is 5.32 Å². The van der Waals surface area contributed by atoms with E-state index in [1.165, 1.54) is 0 Å². The molecule has 0 spiro atoms. The van der Waals surface area contributed by atoms with Crippen molar-refractivity contribution in [2.75, 3.05) is 13.6 Å². The summed E-state index contributed by atoms with van der Waals surface area (Å²) in [4.78, 5) is 0. The Morgan fingerprint density at radius 3 is 2.27 bits per heavy atom. The van der Waals surface area contributed by atoms with Crippen LogP contribution in [0.4, 0.5) is 13.2 Å². The monoisotopic (exact) mass is 225 g/mol. The van der Waals surface area contributed by atoms with Crippen molar-refractivity contribution in [3.63, 3.8) is 0 Å². The Morgan fingerprint density at radius 1 is 1.33 bits per heavy atom. The van der Waals surface area contributed by atoms with Crippen LogP contribution in [-0.2, 0) is 0 Å². The molecule has 0 radical (unpaired) electrons. The fraction of sp³-hybridized carbons (Fsp3) is 1.00. The smallest absolute Gasteiger partial charge is 0.380 e. The van der Waals surface area contributed by atoms with Gasteiger partial charge in [0.1, 0.15) is 0 Å². The Bertz CT molecular complexity index is 197. The van der Waals surface area contributed by atoms with Crippen molar-refractivity contribution >= 4 is 0 Å². The van der Waals surface area contributed by atoms with Gasteiger partial charge >= 0.3 is 6.18 Å². The van der Waals surface area contributed by atoms with E-state index < -0.39 is 11.8 Å². The van der Waals surface area contributed by atoms with Crippen LogP contribution < -0.4 is 5.32 Å². The van der Waals surface area contributed by atoms with Gasteiger partial charge in [-0.1, -0.05) is 0 Å². The SMILES string of the molecule is CNCCC1CCC(O)(C(F)(F)F)CC1. The fourth-order valence-electron chi connectivity index (χ4n) is 2.08. The average Bonchev–Trinajstić information content (AvgIpc) is 2.15. The Morgan fingerprint density at radius 2 is 1.87 bits per heavy atom. The normalized spacial score (nSPS) is 33.0. The molecule has 0 aromatic rings. The molecule has 1 aliphatic carbocycles. The van der Waals surface area contributed by atoms with Gasteiger partial charge in [0.05, 0.1) is 0 Å². The second kappa shape index (κ2) is 4.70. The maximum Gasteiger partial charge on any atom is 0.417 e. The second-order valence-electron chi connectivity index (χ2n) is 4.36. The van der Waals surface area contributed by atoms with Crippen LogP contribution >= 0.6 is 0 Å². The Labute approximate surface area is 87.9 Å². The molecule has 1 fully saturated rings. The molecule has 15 heavy (non-hydrogen) atoms. The first-order valence-corrected chi connectivity index (χ1v) is 5.33. The number of hydrogen-bond acceptors (Lipinski definition) is 2. The molecule has 90 valence electrons. The minimum atomic E-state index is -4.47. The summed E-state index contributed by atoms with van der Waals surface area (Å²) in [5, 5.41) is 12.4.